The Labute approximate surface area is 93.5 Å². The Bertz CT molecular complexity index is 265. The first-order valence-electron chi connectivity index (χ1n) is 5.04. The molecular weight excluding hydrogens is 242 g/mol. The van der Waals surface area contributed by atoms with Gasteiger partial charge >= 0.3 is 0 Å². The predicted octanol–water partition coefficient (Wildman–Crippen LogP) is 3.23. The summed E-state index contributed by atoms with van der Waals surface area (Å²) >= 11 is 3.30. The molecule has 0 aliphatic rings. The number of halogens is 1. The van der Waals surface area contributed by atoms with Crippen molar-refractivity contribution in [1.29, 1.82) is 0 Å². The number of anilines is 1. The molecule has 3 nitrogen and oxygen atoms in total. The maximum atomic E-state index is 4.11. The molecule has 78 valence electrons. The fourth-order valence-electron chi connectivity index (χ4n) is 1.20. The second kappa shape index (κ2) is 6.76. The molecule has 14 heavy (non-hydrogen) atoms. The topological polar surface area (TPSA) is 37.8 Å². The molecule has 1 aromatic rings. The molecule has 0 spiro atoms. The van der Waals surface area contributed by atoms with Crippen molar-refractivity contribution in [2.24, 2.45) is 0 Å². The highest BCUT2D eigenvalue weighted by molar-refractivity contribution is 9.10. The molecule has 0 fully saturated rings. The van der Waals surface area contributed by atoms with E-state index in [1.807, 2.05) is 6.07 Å². The van der Waals surface area contributed by atoms with Gasteiger partial charge in [-0.25, -0.2) is 9.97 Å². The molecule has 0 saturated heterocycles. The molecule has 0 amide bonds. The molecule has 1 rings (SSSR count). The monoisotopic (exact) mass is 257 g/mol. The summed E-state index contributed by atoms with van der Waals surface area (Å²) in [5, 5.41) is 3.26. The normalized spacial score (nSPS) is 10.1. The third-order valence-electron chi connectivity index (χ3n) is 1.97. The van der Waals surface area contributed by atoms with E-state index in [1.165, 1.54) is 25.7 Å². The van der Waals surface area contributed by atoms with E-state index in [2.05, 4.69) is 38.1 Å². The first-order chi connectivity index (χ1) is 6.83. The van der Waals surface area contributed by atoms with Gasteiger partial charge < -0.3 is 5.32 Å². The van der Waals surface area contributed by atoms with E-state index < -0.39 is 0 Å². The number of nitrogens with one attached hydrogen (secondary N) is 1. The Balaban J connectivity index is 2.18. The van der Waals surface area contributed by atoms with Crippen LogP contribution in [0.1, 0.15) is 32.6 Å². The summed E-state index contributed by atoms with van der Waals surface area (Å²) in [7, 11) is 0. The van der Waals surface area contributed by atoms with Crippen LogP contribution in [0.4, 0.5) is 5.82 Å². The minimum absolute atomic E-state index is 0.823. The van der Waals surface area contributed by atoms with Gasteiger partial charge in [-0.2, -0.15) is 0 Å². The van der Waals surface area contributed by atoms with Crippen LogP contribution in [0.3, 0.4) is 0 Å². The van der Waals surface area contributed by atoms with Gasteiger partial charge in [0.2, 0.25) is 0 Å². The lowest BCUT2D eigenvalue weighted by atomic mass is 10.2. The highest BCUT2D eigenvalue weighted by atomic mass is 79.9. The number of hydrogen-bond donors (Lipinski definition) is 1. The predicted molar refractivity (Wildman–Crippen MR) is 62.4 cm³/mol. The SMILES string of the molecule is CCCCCCNc1cc(Br)ncn1. The van der Waals surface area contributed by atoms with Crippen LogP contribution in [-0.4, -0.2) is 16.5 Å². The smallest absolute Gasteiger partial charge is 0.130 e. The molecule has 1 heterocycles. The standard InChI is InChI=1S/C10H16BrN3/c1-2-3-4-5-6-12-10-7-9(11)13-8-14-10/h7-8H,2-6H2,1H3,(H,12,13,14). The Kier molecular flexibility index (Phi) is 5.52. The van der Waals surface area contributed by atoms with Crippen LogP contribution in [0.15, 0.2) is 17.0 Å². The van der Waals surface area contributed by atoms with E-state index in [1.54, 1.807) is 6.33 Å². The van der Waals surface area contributed by atoms with E-state index >= 15 is 0 Å². The lowest BCUT2D eigenvalue weighted by Crippen LogP contribution is -2.03. The fraction of sp³-hybridized carbons (Fsp3) is 0.600. The average Bonchev–Trinajstić information content (AvgIpc) is 2.18. The third kappa shape index (κ3) is 4.56. The highest BCUT2D eigenvalue weighted by Gasteiger charge is 1.94. The van der Waals surface area contributed by atoms with Crippen molar-refractivity contribution in [3.05, 3.63) is 17.0 Å². The summed E-state index contributed by atoms with van der Waals surface area (Å²) in [5.41, 5.74) is 0. The molecule has 0 unspecified atom stereocenters. The lowest BCUT2D eigenvalue weighted by molar-refractivity contribution is 0.684. The van der Waals surface area contributed by atoms with Crippen molar-refractivity contribution in [3.8, 4) is 0 Å². The number of hydrogen-bond acceptors (Lipinski definition) is 3. The number of rotatable bonds is 6. The largest absolute Gasteiger partial charge is 0.370 e. The summed E-state index contributed by atoms with van der Waals surface area (Å²) in [5.74, 6) is 0.892. The molecule has 1 aromatic heterocycles. The zero-order valence-corrected chi connectivity index (χ0v) is 10.0. The maximum Gasteiger partial charge on any atom is 0.130 e. The van der Waals surface area contributed by atoms with Gasteiger partial charge in [0.05, 0.1) is 0 Å². The Morgan fingerprint density at radius 3 is 2.86 bits per heavy atom. The molecule has 0 saturated carbocycles. The minimum atomic E-state index is 0.823. The van der Waals surface area contributed by atoms with Crippen molar-refractivity contribution in [1.82, 2.24) is 9.97 Å². The van der Waals surface area contributed by atoms with E-state index in [0.29, 0.717) is 0 Å². The van der Waals surface area contributed by atoms with Gasteiger partial charge in [-0.3, -0.25) is 0 Å². The zero-order chi connectivity index (χ0) is 10.2. The Hall–Kier alpha value is -0.640. The third-order valence-corrected chi connectivity index (χ3v) is 2.40. The van der Waals surface area contributed by atoms with Gasteiger partial charge in [0.25, 0.3) is 0 Å². The molecular formula is C10H16BrN3. The second-order valence-corrected chi connectivity index (χ2v) is 4.03. The van der Waals surface area contributed by atoms with Gasteiger partial charge in [-0.1, -0.05) is 26.2 Å². The summed E-state index contributed by atoms with van der Waals surface area (Å²) in [6.07, 6.45) is 6.64. The summed E-state index contributed by atoms with van der Waals surface area (Å²) < 4.78 is 0.823. The second-order valence-electron chi connectivity index (χ2n) is 3.21. The van der Waals surface area contributed by atoms with Crippen LogP contribution < -0.4 is 5.32 Å². The highest BCUT2D eigenvalue weighted by Crippen LogP contribution is 2.09. The maximum absolute atomic E-state index is 4.11. The molecule has 4 heteroatoms. The van der Waals surface area contributed by atoms with Gasteiger partial charge in [0, 0.05) is 12.6 Å². The average molecular weight is 258 g/mol. The minimum Gasteiger partial charge on any atom is -0.370 e. The molecule has 0 aromatic carbocycles. The molecule has 0 atom stereocenters. The van der Waals surface area contributed by atoms with Crippen molar-refractivity contribution in [2.75, 3.05) is 11.9 Å². The molecule has 1 N–H and O–H groups in total. The summed E-state index contributed by atoms with van der Waals surface area (Å²) in [4.78, 5) is 8.07. The van der Waals surface area contributed by atoms with Crippen LogP contribution in [0.5, 0.6) is 0 Å². The molecule has 0 aliphatic heterocycles. The van der Waals surface area contributed by atoms with Crippen LogP contribution in [0.2, 0.25) is 0 Å². The van der Waals surface area contributed by atoms with Crippen LogP contribution in [-0.2, 0) is 0 Å². The first kappa shape index (κ1) is 11.4. The van der Waals surface area contributed by atoms with Gasteiger partial charge in [0.15, 0.2) is 0 Å². The van der Waals surface area contributed by atoms with Crippen molar-refractivity contribution >= 4 is 21.7 Å². The number of unbranched alkanes of at least 4 members (excludes halogenated alkanes) is 3. The van der Waals surface area contributed by atoms with Gasteiger partial charge in [-0.15, -0.1) is 0 Å². The molecule has 0 aliphatic carbocycles. The zero-order valence-electron chi connectivity index (χ0n) is 8.46. The summed E-state index contributed by atoms with van der Waals surface area (Å²) in [6.45, 7) is 3.21. The Morgan fingerprint density at radius 2 is 2.14 bits per heavy atom. The first-order valence-corrected chi connectivity index (χ1v) is 5.83. The number of aromatic nitrogens is 2. The lowest BCUT2D eigenvalue weighted by Gasteiger charge is -2.04. The van der Waals surface area contributed by atoms with Crippen molar-refractivity contribution in [2.45, 2.75) is 32.6 Å². The van der Waals surface area contributed by atoms with Crippen LogP contribution >= 0.6 is 15.9 Å². The van der Waals surface area contributed by atoms with Crippen LogP contribution in [0, 0.1) is 0 Å². The fourth-order valence-corrected chi connectivity index (χ4v) is 1.51. The van der Waals surface area contributed by atoms with Crippen molar-refractivity contribution in [3.63, 3.8) is 0 Å². The van der Waals surface area contributed by atoms with Crippen LogP contribution in [0.25, 0.3) is 0 Å². The van der Waals surface area contributed by atoms with E-state index in [9.17, 15) is 0 Å². The molecule has 0 bridgehead atoms. The van der Waals surface area contributed by atoms with Gasteiger partial charge in [0.1, 0.15) is 16.7 Å². The molecule has 0 radical (unpaired) electrons. The number of nitrogens with zero attached hydrogens (tertiary/aromatic N) is 2. The summed E-state index contributed by atoms with van der Waals surface area (Å²) in [6, 6.07) is 1.89. The van der Waals surface area contributed by atoms with E-state index in [0.717, 1.165) is 17.0 Å². The van der Waals surface area contributed by atoms with Crippen molar-refractivity contribution < 1.29 is 0 Å². The van der Waals surface area contributed by atoms with E-state index in [4.69, 9.17) is 0 Å². The van der Waals surface area contributed by atoms with Gasteiger partial charge in [-0.05, 0) is 22.4 Å². The quantitative estimate of drug-likeness (QED) is 0.628. The Morgan fingerprint density at radius 1 is 1.29 bits per heavy atom. The van der Waals surface area contributed by atoms with E-state index in [-0.39, 0.29) is 0 Å².